The maximum atomic E-state index is 8.29. The molecule has 70 valence electrons. The Kier molecular flexibility index (Phi) is 2.27. The summed E-state index contributed by atoms with van der Waals surface area (Å²) >= 11 is 0. The molecular formula is C10H8N2O2. The summed E-state index contributed by atoms with van der Waals surface area (Å²) in [7, 11) is 0. The van der Waals surface area contributed by atoms with E-state index in [1.165, 1.54) is 12.5 Å². The van der Waals surface area contributed by atoms with Crippen LogP contribution in [0.1, 0.15) is 5.69 Å². The van der Waals surface area contributed by atoms with Crippen LogP contribution < -0.4 is 0 Å². The molecule has 0 unspecified atom stereocenters. The van der Waals surface area contributed by atoms with Gasteiger partial charge < -0.3 is 9.62 Å². The Morgan fingerprint density at radius 2 is 2.07 bits per heavy atom. The standard InChI is InChI=1S/C10H8N2O2/c13-11-6-9-7-14-10(12-9)8-4-2-1-3-5-8/h1-7,13H/b11-6+. The van der Waals surface area contributed by atoms with Crippen molar-refractivity contribution < 1.29 is 9.62 Å². The molecule has 2 rings (SSSR count). The number of oxime groups is 1. The van der Waals surface area contributed by atoms with Crippen LogP contribution in [-0.2, 0) is 0 Å². The molecule has 1 N–H and O–H groups in total. The van der Waals surface area contributed by atoms with E-state index in [2.05, 4.69) is 10.1 Å². The largest absolute Gasteiger partial charge is 0.444 e. The SMILES string of the molecule is O/N=C/c1coc(-c2ccccc2)n1. The molecule has 0 atom stereocenters. The van der Waals surface area contributed by atoms with Crippen molar-refractivity contribution in [3.05, 3.63) is 42.3 Å². The van der Waals surface area contributed by atoms with E-state index in [1.54, 1.807) is 0 Å². The van der Waals surface area contributed by atoms with Crippen LogP contribution in [-0.4, -0.2) is 16.4 Å². The highest BCUT2D eigenvalue weighted by Crippen LogP contribution is 2.16. The first kappa shape index (κ1) is 8.50. The monoisotopic (exact) mass is 188 g/mol. The third-order valence-corrected chi connectivity index (χ3v) is 1.73. The van der Waals surface area contributed by atoms with Crippen LogP contribution in [0.2, 0.25) is 0 Å². The Morgan fingerprint density at radius 1 is 1.29 bits per heavy atom. The second-order valence-electron chi connectivity index (χ2n) is 2.69. The van der Waals surface area contributed by atoms with Crippen molar-refractivity contribution in [3.63, 3.8) is 0 Å². The number of rotatable bonds is 2. The van der Waals surface area contributed by atoms with Gasteiger partial charge in [0.2, 0.25) is 5.89 Å². The van der Waals surface area contributed by atoms with Crippen molar-refractivity contribution in [3.8, 4) is 11.5 Å². The average Bonchev–Trinajstić information content (AvgIpc) is 2.68. The van der Waals surface area contributed by atoms with Gasteiger partial charge in [-0.15, -0.1) is 0 Å². The van der Waals surface area contributed by atoms with Crippen molar-refractivity contribution in [2.24, 2.45) is 5.16 Å². The molecule has 0 saturated carbocycles. The molecule has 1 aromatic carbocycles. The summed E-state index contributed by atoms with van der Waals surface area (Å²) in [6.45, 7) is 0. The van der Waals surface area contributed by atoms with Crippen molar-refractivity contribution >= 4 is 6.21 Å². The Labute approximate surface area is 80.5 Å². The van der Waals surface area contributed by atoms with Gasteiger partial charge in [-0.25, -0.2) is 4.98 Å². The van der Waals surface area contributed by atoms with Gasteiger partial charge in [0.1, 0.15) is 12.0 Å². The molecule has 14 heavy (non-hydrogen) atoms. The lowest BCUT2D eigenvalue weighted by molar-refractivity contribution is 0.321. The maximum absolute atomic E-state index is 8.29. The van der Waals surface area contributed by atoms with E-state index in [9.17, 15) is 0 Å². The van der Waals surface area contributed by atoms with E-state index >= 15 is 0 Å². The molecule has 0 aliphatic rings. The molecule has 0 fully saturated rings. The number of hydrogen-bond donors (Lipinski definition) is 1. The molecule has 0 spiro atoms. The second-order valence-corrected chi connectivity index (χ2v) is 2.69. The second kappa shape index (κ2) is 3.74. The highest BCUT2D eigenvalue weighted by Gasteiger charge is 2.03. The van der Waals surface area contributed by atoms with Crippen molar-refractivity contribution in [2.75, 3.05) is 0 Å². The molecule has 0 aliphatic heterocycles. The fraction of sp³-hybridized carbons (Fsp3) is 0. The molecular weight excluding hydrogens is 180 g/mol. The first-order valence-electron chi connectivity index (χ1n) is 4.08. The van der Waals surface area contributed by atoms with Crippen LogP contribution in [0.15, 0.2) is 46.2 Å². The summed E-state index contributed by atoms with van der Waals surface area (Å²) in [6, 6.07) is 9.51. The van der Waals surface area contributed by atoms with Gasteiger partial charge in [-0.1, -0.05) is 23.4 Å². The summed E-state index contributed by atoms with van der Waals surface area (Å²) in [4.78, 5) is 4.09. The zero-order chi connectivity index (χ0) is 9.80. The van der Waals surface area contributed by atoms with Gasteiger partial charge in [-0.2, -0.15) is 0 Å². The summed E-state index contributed by atoms with van der Waals surface area (Å²) in [5.41, 5.74) is 1.39. The van der Waals surface area contributed by atoms with Gasteiger partial charge in [0.25, 0.3) is 0 Å². The third-order valence-electron chi connectivity index (χ3n) is 1.73. The normalized spacial score (nSPS) is 10.9. The minimum Gasteiger partial charge on any atom is -0.444 e. The molecule has 0 bridgehead atoms. The van der Waals surface area contributed by atoms with E-state index < -0.39 is 0 Å². The maximum Gasteiger partial charge on any atom is 0.226 e. The van der Waals surface area contributed by atoms with Crippen LogP contribution in [0, 0.1) is 0 Å². The van der Waals surface area contributed by atoms with Crippen LogP contribution in [0.3, 0.4) is 0 Å². The zero-order valence-electron chi connectivity index (χ0n) is 7.29. The number of aromatic nitrogens is 1. The van der Waals surface area contributed by atoms with Crippen LogP contribution in [0.5, 0.6) is 0 Å². The van der Waals surface area contributed by atoms with Gasteiger partial charge in [0, 0.05) is 5.56 Å². The highest BCUT2D eigenvalue weighted by atomic mass is 16.4. The number of benzene rings is 1. The first-order chi connectivity index (χ1) is 6.90. The van der Waals surface area contributed by atoms with Crippen LogP contribution in [0.25, 0.3) is 11.5 Å². The zero-order valence-corrected chi connectivity index (χ0v) is 7.29. The minimum absolute atomic E-state index is 0.492. The first-order valence-corrected chi connectivity index (χ1v) is 4.08. The topological polar surface area (TPSA) is 58.6 Å². The predicted octanol–water partition coefficient (Wildman–Crippen LogP) is 2.15. The fourth-order valence-corrected chi connectivity index (χ4v) is 1.12. The molecule has 4 nitrogen and oxygen atoms in total. The quantitative estimate of drug-likeness (QED) is 0.446. The van der Waals surface area contributed by atoms with Gasteiger partial charge in [-0.3, -0.25) is 0 Å². The molecule has 2 aromatic rings. The van der Waals surface area contributed by atoms with Gasteiger partial charge in [-0.05, 0) is 12.1 Å². The number of nitrogens with zero attached hydrogens (tertiary/aromatic N) is 2. The summed E-state index contributed by atoms with van der Waals surface area (Å²) in [5, 5.41) is 11.2. The molecule has 0 radical (unpaired) electrons. The smallest absolute Gasteiger partial charge is 0.226 e. The molecule has 4 heteroatoms. The van der Waals surface area contributed by atoms with E-state index in [4.69, 9.17) is 9.62 Å². The molecule has 0 aliphatic carbocycles. The summed E-state index contributed by atoms with van der Waals surface area (Å²) in [5.74, 6) is 0.514. The third kappa shape index (κ3) is 1.64. The minimum atomic E-state index is 0.492. The molecule has 1 aromatic heterocycles. The van der Waals surface area contributed by atoms with Crippen LogP contribution in [0.4, 0.5) is 0 Å². The lowest BCUT2D eigenvalue weighted by Crippen LogP contribution is -1.81. The van der Waals surface area contributed by atoms with E-state index in [1.807, 2.05) is 30.3 Å². The van der Waals surface area contributed by atoms with Crippen molar-refractivity contribution in [2.45, 2.75) is 0 Å². The number of oxazole rings is 1. The van der Waals surface area contributed by atoms with Crippen molar-refractivity contribution in [1.29, 1.82) is 0 Å². The van der Waals surface area contributed by atoms with Gasteiger partial charge >= 0.3 is 0 Å². The lowest BCUT2D eigenvalue weighted by Gasteiger charge is -1.91. The summed E-state index contributed by atoms with van der Waals surface area (Å²) < 4.78 is 5.19. The van der Waals surface area contributed by atoms with Crippen molar-refractivity contribution in [1.82, 2.24) is 4.98 Å². The van der Waals surface area contributed by atoms with E-state index in [-0.39, 0.29) is 0 Å². The van der Waals surface area contributed by atoms with Gasteiger partial charge in [0.15, 0.2) is 0 Å². The molecule has 0 saturated heterocycles. The van der Waals surface area contributed by atoms with Gasteiger partial charge in [0.05, 0.1) is 6.21 Å². The highest BCUT2D eigenvalue weighted by molar-refractivity contribution is 5.76. The fourth-order valence-electron chi connectivity index (χ4n) is 1.12. The van der Waals surface area contributed by atoms with E-state index in [0.29, 0.717) is 11.6 Å². The molecule has 1 heterocycles. The Morgan fingerprint density at radius 3 is 2.79 bits per heavy atom. The number of hydrogen-bond acceptors (Lipinski definition) is 4. The average molecular weight is 188 g/mol. The lowest BCUT2D eigenvalue weighted by atomic mass is 10.2. The Hall–Kier alpha value is -2.10. The summed E-state index contributed by atoms with van der Waals surface area (Å²) in [6.07, 6.45) is 2.65. The Bertz CT molecular complexity index is 434. The predicted molar refractivity (Wildman–Crippen MR) is 51.3 cm³/mol. The molecule has 0 amide bonds. The van der Waals surface area contributed by atoms with Crippen LogP contribution >= 0.6 is 0 Å². The Balaban J connectivity index is 2.34. The van der Waals surface area contributed by atoms with E-state index in [0.717, 1.165) is 5.56 Å².